The minimum Gasteiger partial charge on any atom is -0.384 e. The molecule has 0 aliphatic rings. The van der Waals surface area contributed by atoms with Gasteiger partial charge in [0.1, 0.15) is 0 Å². The van der Waals surface area contributed by atoms with E-state index in [1.165, 1.54) is 0 Å². The van der Waals surface area contributed by atoms with Gasteiger partial charge in [0.25, 0.3) is 0 Å². The number of ether oxygens (including phenoxy) is 1. The molecule has 0 saturated carbocycles. The summed E-state index contributed by atoms with van der Waals surface area (Å²) in [4.78, 5) is 10.7. The molecule has 2 heterocycles. The number of fused-ring (bicyclic) bond motifs is 1. The first kappa shape index (κ1) is 9.86. The number of carbonyl (C=O) groups excluding carboxylic acids is 1. The Morgan fingerprint density at radius 1 is 1.53 bits per heavy atom. The van der Waals surface area contributed by atoms with Crippen molar-refractivity contribution in [2.45, 2.75) is 6.42 Å². The molecule has 78 valence electrons. The van der Waals surface area contributed by atoms with Crippen LogP contribution in [0.3, 0.4) is 0 Å². The highest BCUT2D eigenvalue weighted by molar-refractivity contribution is 5.85. The summed E-state index contributed by atoms with van der Waals surface area (Å²) in [6, 6.07) is 3.89. The van der Waals surface area contributed by atoms with Crippen molar-refractivity contribution in [2.75, 3.05) is 13.7 Å². The van der Waals surface area contributed by atoms with Crippen LogP contribution in [0.2, 0.25) is 0 Å². The molecular formula is C11H12N2O2. The van der Waals surface area contributed by atoms with Gasteiger partial charge in [0.05, 0.1) is 23.9 Å². The molecule has 2 rings (SSSR count). The van der Waals surface area contributed by atoms with Crippen LogP contribution in [-0.4, -0.2) is 29.6 Å². The Kier molecular flexibility index (Phi) is 2.78. The van der Waals surface area contributed by atoms with Crippen molar-refractivity contribution in [3.8, 4) is 0 Å². The van der Waals surface area contributed by atoms with Crippen molar-refractivity contribution in [1.29, 1.82) is 0 Å². The van der Waals surface area contributed by atoms with Gasteiger partial charge in [-0.3, -0.25) is 4.79 Å². The smallest absolute Gasteiger partial charge is 0.153 e. The van der Waals surface area contributed by atoms with Crippen molar-refractivity contribution < 1.29 is 9.53 Å². The van der Waals surface area contributed by atoms with Crippen LogP contribution in [-0.2, 0) is 11.2 Å². The maximum atomic E-state index is 10.7. The van der Waals surface area contributed by atoms with Crippen molar-refractivity contribution in [3.05, 3.63) is 35.7 Å². The Labute approximate surface area is 87.5 Å². The van der Waals surface area contributed by atoms with E-state index in [-0.39, 0.29) is 0 Å². The number of hydrogen-bond donors (Lipinski definition) is 0. The lowest BCUT2D eigenvalue weighted by Gasteiger charge is -2.01. The molecule has 0 aromatic carbocycles. The monoisotopic (exact) mass is 204 g/mol. The standard InChI is InChI=1S/C11H12N2O2/c1-15-5-4-9-2-3-11-10(8-14)6-12-13(11)7-9/h2-3,6-8H,4-5H2,1H3. The number of aromatic nitrogens is 2. The average molecular weight is 204 g/mol. The second-order valence-corrected chi connectivity index (χ2v) is 3.33. The highest BCUT2D eigenvalue weighted by atomic mass is 16.5. The van der Waals surface area contributed by atoms with Gasteiger partial charge < -0.3 is 4.74 Å². The van der Waals surface area contributed by atoms with E-state index in [1.807, 2.05) is 18.3 Å². The molecule has 0 fully saturated rings. The SMILES string of the molecule is COCCc1ccc2c(C=O)cnn2c1. The highest BCUT2D eigenvalue weighted by Crippen LogP contribution is 2.10. The fraction of sp³-hybridized carbons (Fsp3) is 0.273. The summed E-state index contributed by atoms with van der Waals surface area (Å²) in [6.07, 6.45) is 5.16. The number of carbonyl (C=O) groups is 1. The summed E-state index contributed by atoms with van der Waals surface area (Å²) in [5.41, 5.74) is 2.60. The number of methoxy groups -OCH3 is 1. The lowest BCUT2D eigenvalue weighted by atomic mass is 10.2. The molecule has 0 amide bonds. The Hall–Kier alpha value is -1.68. The number of rotatable bonds is 4. The van der Waals surface area contributed by atoms with Gasteiger partial charge >= 0.3 is 0 Å². The molecule has 0 spiro atoms. The largest absolute Gasteiger partial charge is 0.384 e. The van der Waals surface area contributed by atoms with E-state index in [1.54, 1.807) is 17.8 Å². The van der Waals surface area contributed by atoms with Gasteiger partial charge in [0, 0.05) is 13.3 Å². The zero-order chi connectivity index (χ0) is 10.7. The lowest BCUT2D eigenvalue weighted by Crippen LogP contribution is -1.97. The van der Waals surface area contributed by atoms with Crippen molar-refractivity contribution in [1.82, 2.24) is 9.61 Å². The summed E-state index contributed by atoms with van der Waals surface area (Å²) in [6.45, 7) is 0.688. The molecule has 0 atom stereocenters. The van der Waals surface area contributed by atoms with E-state index in [0.717, 1.165) is 23.8 Å². The lowest BCUT2D eigenvalue weighted by molar-refractivity contribution is 0.112. The van der Waals surface area contributed by atoms with Gasteiger partial charge in [-0.25, -0.2) is 4.52 Å². The van der Waals surface area contributed by atoms with E-state index >= 15 is 0 Å². The first-order valence-electron chi connectivity index (χ1n) is 4.75. The maximum absolute atomic E-state index is 10.7. The predicted octanol–water partition coefficient (Wildman–Crippen LogP) is 1.34. The average Bonchev–Trinajstić information content (AvgIpc) is 2.68. The minimum absolute atomic E-state index is 0.619. The second kappa shape index (κ2) is 4.23. The summed E-state index contributed by atoms with van der Waals surface area (Å²) in [7, 11) is 1.68. The third-order valence-electron chi connectivity index (χ3n) is 2.33. The van der Waals surface area contributed by atoms with Crippen LogP contribution in [0.25, 0.3) is 5.52 Å². The first-order chi connectivity index (χ1) is 7.35. The van der Waals surface area contributed by atoms with Crippen LogP contribution in [0.4, 0.5) is 0 Å². The summed E-state index contributed by atoms with van der Waals surface area (Å²) < 4.78 is 6.72. The molecule has 0 unspecified atom stereocenters. The van der Waals surface area contributed by atoms with Crippen LogP contribution in [0.5, 0.6) is 0 Å². The number of aldehydes is 1. The molecule has 2 aromatic rings. The molecule has 2 aromatic heterocycles. The Morgan fingerprint density at radius 2 is 2.40 bits per heavy atom. The molecule has 0 N–H and O–H groups in total. The summed E-state index contributed by atoms with van der Waals surface area (Å²) >= 11 is 0. The summed E-state index contributed by atoms with van der Waals surface area (Å²) in [5.74, 6) is 0. The topological polar surface area (TPSA) is 43.6 Å². The molecule has 4 heteroatoms. The van der Waals surface area contributed by atoms with E-state index in [9.17, 15) is 4.79 Å². The van der Waals surface area contributed by atoms with Gasteiger partial charge in [-0.15, -0.1) is 0 Å². The van der Waals surface area contributed by atoms with Crippen molar-refractivity contribution in [2.24, 2.45) is 0 Å². The molecule has 4 nitrogen and oxygen atoms in total. The van der Waals surface area contributed by atoms with Crippen molar-refractivity contribution >= 4 is 11.8 Å². The molecule has 0 bridgehead atoms. The van der Waals surface area contributed by atoms with Crippen LogP contribution < -0.4 is 0 Å². The minimum atomic E-state index is 0.619. The third-order valence-corrected chi connectivity index (χ3v) is 2.33. The number of hydrogen-bond acceptors (Lipinski definition) is 3. The predicted molar refractivity (Wildman–Crippen MR) is 56.2 cm³/mol. The normalized spacial score (nSPS) is 10.7. The molecular weight excluding hydrogens is 192 g/mol. The Balaban J connectivity index is 2.35. The van der Waals surface area contributed by atoms with Crippen LogP contribution in [0.15, 0.2) is 24.5 Å². The van der Waals surface area contributed by atoms with Gasteiger partial charge in [-0.1, -0.05) is 6.07 Å². The molecule has 0 saturated heterocycles. The second-order valence-electron chi connectivity index (χ2n) is 3.33. The van der Waals surface area contributed by atoms with Gasteiger partial charge in [0.2, 0.25) is 0 Å². The van der Waals surface area contributed by atoms with Crippen LogP contribution in [0, 0.1) is 0 Å². The molecule has 0 aliphatic heterocycles. The molecule has 0 radical (unpaired) electrons. The third kappa shape index (κ3) is 1.89. The Morgan fingerprint density at radius 3 is 3.13 bits per heavy atom. The quantitative estimate of drug-likeness (QED) is 0.706. The Bertz CT molecular complexity index is 476. The van der Waals surface area contributed by atoms with Gasteiger partial charge in [-0.05, 0) is 18.1 Å². The van der Waals surface area contributed by atoms with Crippen LogP contribution in [0.1, 0.15) is 15.9 Å². The van der Waals surface area contributed by atoms with E-state index in [4.69, 9.17) is 4.74 Å². The van der Waals surface area contributed by atoms with Gasteiger partial charge in [-0.2, -0.15) is 5.10 Å². The van der Waals surface area contributed by atoms with Gasteiger partial charge in [0.15, 0.2) is 6.29 Å². The maximum Gasteiger partial charge on any atom is 0.153 e. The van der Waals surface area contributed by atoms with Crippen LogP contribution >= 0.6 is 0 Å². The number of nitrogens with zero attached hydrogens (tertiary/aromatic N) is 2. The zero-order valence-corrected chi connectivity index (χ0v) is 8.51. The fourth-order valence-corrected chi connectivity index (χ4v) is 1.51. The molecule has 0 aliphatic carbocycles. The molecule has 15 heavy (non-hydrogen) atoms. The highest BCUT2D eigenvalue weighted by Gasteiger charge is 2.02. The first-order valence-corrected chi connectivity index (χ1v) is 4.75. The number of pyridine rings is 1. The fourth-order valence-electron chi connectivity index (χ4n) is 1.51. The zero-order valence-electron chi connectivity index (χ0n) is 8.51. The summed E-state index contributed by atoms with van der Waals surface area (Å²) in [5, 5.41) is 4.10. The van der Waals surface area contributed by atoms with Crippen molar-refractivity contribution in [3.63, 3.8) is 0 Å². The van der Waals surface area contributed by atoms with E-state index in [0.29, 0.717) is 12.2 Å². The van der Waals surface area contributed by atoms with E-state index < -0.39 is 0 Å². The van der Waals surface area contributed by atoms with E-state index in [2.05, 4.69) is 5.10 Å².